The highest BCUT2D eigenvalue weighted by molar-refractivity contribution is 7.13. The average Bonchev–Trinajstić information content (AvgIpc) is 3.26. The van der Waals surface area contributed by atoms with Crippen molar-refractivity contribution in [1.82, 2.24) is 10.2 Å². The van der Waals surface area contributed by atoms with Crippen LogP contribution in [0.2, 0.25) is 0 Å². The topological polar surface area (TPSA) is 94.3 Å². The SMILES string of the molecule is CC(=O)Nc1ccc(C(=O)O[C@@H](C)c2nnc(-c3cccs3)o2)cc1. The Morgan fingerprint density at radius 1 is 1.20 bits per heavy atom. The van der Waals surface area contributed by atoms with Crippen molar-refractivity contribution in [2.45, 2.75) is 20.0 Å². The number of anilines is 1. The second-order valence-corrected chi connectivity index (χ2v) is 6.18. The minimum atomic E-state index is -0.677. The predicted octanol–water partition coefficient (Wildman–Crippen LogP) is 3.67. The summed E-state index contributed by atoms with van der Waals surface area (Å²) in [5.41, 5.74) is 0.966. The number of nitrogens with one attached hydrogen (secondary N) is 1. The molecule has 0 fully saturated rings. The lowest BCUT2D eigenvalue weighted by Crippen LogP contribution is -2.10. The Labute approximate surface area is 147 Å². The highest BCUT2D eigenvalue weighted by Crippen LogP contribution is 2.26. The number of hydrogen-bond donors (Lipinski definition) is 1. The molecule has 128 valence electrons. The van der Waals surface area contributed by atoms with Crippen LogP contribution in [0.15, 0.2) is 46.2 Å². The zero-order valence-corrected chi connectivity index (χ0v) is 14.4. The first kappa shape index (κ1) is 16.8. The zero-order valence-electron chi connectivity index (χ0n) is 13.6. The van der Waals surface area contributed by atoms with Crippen molar-refractivity contribution in [1.29, 1.82) is 0 Å². The third-order valence-corrected chi connectivity index (χ3v) is 4.10. The third kappa shape index (κ3) is 4.10. The van der Waals surface area contributed by atoms with E-state index in [0.717, 1.165) is 4.88 Å². The van der Waals surface area contributed by atoms with E-state index >= 15 is 0 Å². The summed E-state index contributed by atoms with van der Waals surface area (Å²) in [6.45, 7) is 3.08. The van der Waals surface area contributed by atoms with Crippen LogP contribution in [0.3, 0.4) is 0 Å². The summed E-state index contributed by atoms with van der Waals surface area (Å²) in [4.78, 5) is 24.0. The average molecular weight is 357 g/mol. The monoisotopic (exact) mass is 357 g/mol. The highest BCUT2D eigenvalue weighted by Gasteiger charge is 2.20. The summed E-state index contributed by atoms with van der Waals surface area (Å²) in [5.74, 6) is -0.0705. The van der Waals surface area contributed by atoms with Gasteiger partial charge in [-0.05, 0) is 42.6 Å². The summed E-state index contributed by atoms with van der Waals surface area (Å²) in [6.07, 6.45) is -0.677. The molecule has 0 bridgehead atoms. The number of carbonyl (C=O) groups excluding carboxylic acids is 2. The third-order valence-electron chi connectivity index (χ3n) is 3.25. The van der Waals surface area contributed by atoms with Crippen LogP contribution in [-0.2, 0) is 9.53 Å². The van der Waals surface area contributed by atoms with E-state index in [-0.39, 0.29) is 11.8 Å². The lowest BCUT2D eigenvalue weighted by molar-refractivity contribution is -0.114. The van der Waals surface area contributed by atoms with Crippen LogP contribution in [0, 0.1) is 0 Å². The highest BCUT2D eigenvalue weighted by atomic mass is 32.1. The quantitative estimate of drug-likeness (QED) is 0.700. The number of thiophene rings is 1. The molecule has 0 saturated heterocycles. The molecule has 2 aromatic heterocycles. The molecule has 0 unspecified atom stereocenters. The summed E-state index contributed by atoms with van der Waals surface area (Å²) < 4.78 is 10.9. The molecule has 0 aliphatic rings. The fraction of sp³-hybridized carbons (Fsp3) is 0.176. The Balaban J connectivity index is 1.65. The summed E-state index contributed by atoms with van der Waals surface area (Å²) in [6, 6.07) is 10.2. The number of rotatable bonds is 5. The standard InChI is InChI=1S/C17H15N3O4S/c1-10(15-19-20-16(24-15)14-4-3-9-25-14)23-17(22)12-5-7-13(8-6-12)18-11(2)21/h3-10H,1-2H3,(H,18,21)/t10-/m0/s1. The normalized spacial score (nSPS) is 11.8. The van der Waals surface area contributed by atoms with Crippen LogP contribution in [-0.4, -0.2) is 22.1 Å². The number of benzene rings is 1. The van der Waals surface area contributed by atoms with Gasteiger partial charge in [0.05, 0.1) is 10.4 Å². The van der Waals surface area contributed by atoms with Crippen LogP contribution in [0.25, 0.3) is 10.8 Å². The fourth-order valence-electron chi connectivity index (χ4n) is 2.07. The molecule has 0 spiro atoms. The van der Waals surface area contributed by atoms with Crippen LogP contribution in [0.4, 0.5) is 5.69 Å². The molecule has 3 rings (SSSR count). The van der Waals surface area contributed by atoms with Crippen molar-refractivity contribution >= 4 is 28.9 Å². The Kier molecular flexibility index (Phi) is 4.90. The van der Waals surface area contributed by atoms with Crippen LogP contribution >= 0.6 is 11.3 Å². The van der Waals surface area contributed by atoms with Crippen molar-refractivity contribution < 1.29 is 18.7 Å². The number of ether oxygens (including phenoxy) is 1. The van der Waals surface area contributed by atoms with Crippen molar-refractivity contribution in [2.24, 2.45) is 0 Å². The summed E-state index contributed by atoms with van der Waals surface area (Å²) in [7, 11) is 0. The van der Waals surface area contributed by atoms with E-state index < -0.39 is 12.1 Å². The minimum absolute atomic E-state index is 0.179. The molecular weight excluding hydrogens is 342 g/mol. The van der Waals surface area contributed by atoms with Gasteiger partial charge in [-0.25, -0.2) is 4.79 Å². The number of amides is 1. The van der Waals surface area contributed by atoms with Gasteiger partial charge < -0.3 is 14.5 Å². The maximum atomic E-state index is 12.2. The van der Waals surface area contributed by atoms with E-state index in [9.17, 15) is 9.59 Å². The lowest BCUT2D eigenvalue weighted by Gasteiger charge is -2.09. The van der Waals surface area contributed by atoms with E-state index in [0.29, 0.717) is 17.1 Å². The van der Waals surface area contributed by atoms with Gasteiger partial charge in [0.25, 0.3) is 11.8 Å². The predicted molar refractivity (Wildman–Crippen MR) is 92.2 cm³/mol. The van der Waals surface area contributed by atoms with Crippen molar-refractivity contribution in [3.05, 3.63) is 53.2 Å². The van der Waals surface area contributed by atoms with E-state index in [1.165, 1.54) is 18.3 Å². The van der Waals surface area contributed by atoms with Crippen molar-refractivity contribution in [3.63, 3.8) is 0 Å². The Hall–Kier alpha value is -3.00. The van der Waals surface area contributed by atoms with Crippen molar-refractivity contribution in [2.75, 3.05) is 5.32 Å². The molecular formula is C17H15N3O4S. The minimum Gasteiger partial charge on any atom is -0.449 e. The van der Waals surface area contributed by atoms with E-state index in [4.69, 9.17) is 9.15 Å². The van der Waals surface area contributed by atoms with Gasteiger partial charge in [0.2, 0.25) is 5.91 Å². The van der Waals surface area contributed by atoms with Crippen LogP contribution in [0.1, 0.15) is 36.2 Å². The van der Waals surface area contributed by atoms with E-state index in [1.54, 1.807) is 31.2 Å². The first-order valence-corrected chi connectivity index (χ1v) is 8.37. The molecule has 0 saturated carbocycles. The first-order chi connectivity index (χ1) is 12.0. The smallest absolute Gasteiger partial charge is 0.338 e. The number of nitrogens with zero attached hydrogens (tertiary/aromatic N) is 2. The van der Waals surface area contributed by atoms with Crippen LogP contribution in [0.5, 0.6) is 0 Å². The number of carbonyl (C=O) groups is 2. The molecule has 0 aliphatic carbocycles. The number of aromatic nitrogens is 2. The first-order valence-electron chi connectivity index (χ1n) is 7.49. The van der Waals surface area contributed by atoms with Gasteiger partial charge in [-0.3, -0.25) is 4.79 Å². The molecule has 1 N–H and O–H groups in total. The molecule has 1 atom stereocenters. The molecule has 1 amide bonds. The molecule has 25 heavy (non-hydrogen) atoms. The fourth-order valence-corrected chi connectivity index (χ4v) is 2.71. The Morgan fingerprint density at radius 2 is 1.96 bits per heavy atom. The maximum Gasteiger partial charge on any atom is 0.338 e. The second kappa shape index (κ2) is 7.27. The van der Waals surface area contributed by atoms with Gasteiger partial charge in [-0.1, -0.05) is 6.07 Å². The molecule has 2 heterocycles. The number of esters is 1. The largest absolute Gasteiger partial charge is 0.449 e. The van der Waals surface area contributed by atoms with Gasteiger partial charge in [0, 0.05) is 12.6 Å². The maximum absolute atomic E-state index is 12.2. The molecule has 0 radical (unpaired) electrons. The van der Waals surface area contributed by atoms with Crippen LogP contribution < -0.4 is 5.32 Å². The van der Waals surface area contributed by atoms with Crippen molar-refractivity contribution in [3.8, 4) is 10.8 Å². The molecule has 0 aliphatic heterocycles. The molecule has 1 aromatic carbocycles. The van der Waals surface area contributed by atoms with E-state index in [2.05, 4.69) is 15.5 Å². The molecule has 8 heteroatoms. The number of hydrogen-bond acceptors (Lipinski definition) is 7. The summed E-state index contributed by atoms with van der Waals surface area (Å²) >= 11 is 1.48. The molecule has 3 aromatic rings. The van der Waals surface area contributed by atoms with Gasteiger partial charge in [-0.2, -0.15) is 0 Å². The second-order valence-electron chi connectivity index (χ2n) is 5.23. The zero-order chi connectivity index (χ0) is 17.8. The Morgan fingerprint density at radius 3 is 2.60 bits per heavy atom. The van der Waals surface area contributed by atoms with Gasteiger partial charge in [-0.15, -0.1) is 21.5 Å². The summed E-state index contributed by atoms with van der Waals surface area (Å²) in [5, 5.41) is 12.4. The Bertz CT molecular complexity index is 872. The lowest BCUT2D eigenvalue weighted by atomic mass is 10.2. The molecule has 7 nitrogen and oxygen atoms in total. The van der Waals surface area contributed by atoms with Gasteiger partial charge in [0.1, 0.15) is 0 Å². The van der Waals surface area contributed by atoms with Gasteiger partial charge in [0.15, 0.2) is 6.10 Å². The van der Waals surface area contributed by atoms with Gasteiger partial charge >= 0.3 is 5.97 Å². The van der Waals surface area contributed by atoms with E-state index in [1.807, 2.05) is 17.5 Å².